The van der Waals surface area contributed by atoms with Gasteiger partial charge in [-0.2, -0.15) is 5.10 Å². The van der Waals surface area contributed by atoms with Gasteiger partial charge in [0, 0.05) is 19.3 Å². The highest BCUT2D eigenvalue weighted by atomic mass is 19.3. The molecule has 34 heavy (non-hydrogen) atoms. The summed E-state index contributed by atoms with van der Waals surface area (Å²) in [6, 6.07) is 8.39. The van der Waals surface area contributed by atoms with E-state index in [9.17, 15) is 22.8 Å². The van der Waals surface area contributed by atoms with Crippen molar-refractivity contribution in [1.29, 1.82) is 0 Å². The number of rotatable bonds is 5. The molecule has 2 aromatic heterocycles. The van der Waals surface area contributed by atoms with Crippen LogP contribution < -0.4 is 10.1 Å². The van der Waals surface area contributed by atoms with Crippen LogP contribution in [0.1, 0.15) is 24.8 Å². The fourth-order valence-corrected chi connectivity index (χ4v) is 4.86. The number of ether oxygens (including phenoxy) is 1. The number of nitrogens with zero attached hydrogens (tertiary/aromatic N) is 3. The number of aromatic amines is 1. The van der Waals surface area contributed by atoms with Crippen LogP contribution in [0.3, 0.4) is 0 Å². The number of nitrogens with one attached hydrogen (secondary N) is 2. The normalized spacial score (nSPS) is 22.9. The number of alkyl halides is 3. The van der Waals surface area contributed by atoms with Gasteiger partial charge in [-0.1, -0.05) is 12.1 Å². The lowest BCUT2D eigenvalue weighted by atomic mass is 9.61. The standard InChI is InChI=1S/C23H22F3N5O3/c1-34-15-4-2-13(3-5-15)22(11-23(25,26)12-22)21(33)31-10-14(24)8-18(31)20(32)29-19-7-6-16-17(28-19)9-27-30-16/h2-7,9,14,18H,8,10-12H2,1H3,(H,27,30)(H,28,29,32)/t14-,18-/m1/s1. The number of fused-ring (bicyclic) bond motifs is 1. The Morgan fingerprint density at radius 2 is 1.91 bits per heavy atom. The fraction of sp³-hybridized carbons (Fsp3) is 0.391. The van der Waals surface area contributed by atoms with E-state index in [4.69, 9.17) is 4.74 Å². The number of carbonyl (C=O) groups excluding carboxylic acids is 2. The average Bonchev–Trinajstić information content (AvgIpc) is 3.42. The second-order valence-electron chi connectivity index (χ2n) is 8.81. The molecule has 0 radical (unpaired) electrons. The molecule has 0 unspecified atom stereocenters. The lowest BCUT2D eigenvalue weighted by Gasteiger charge is -2.48. The summed E-state index contributed by atoms with van der Waals surface area (Å²) in [4.78, 5) is 32.0. The minimum Gasteiger partial charge on any atom is -0.497 e. The first-order chi connectivity index (χ1) is 16.2. The number of H-pyrrole nitrogens is 1. The van der Waals surface area contributed by atoms with Crippen molar-refractivity contribution in [3.63, 3.8) is 0 Å². The average molecular weight is 473 g/mol. The van der Waals surface area contributed by atoms with Crippen molar-refractivity contribution in [2.45, 2.75) is 42.8 Å². The highest BCUT2D eigenvalue weighted by Crippen LogP contribution is 2.55. The Hall–Kier alpha value is -3.63. The summed E-state index contributed by atoms with van der Waals surface area (Å²) in [7, 11) is 1.47. The van der Waals surface area contributed by atoms with Crippen molar-refractivity contribution in [2.24, 2.45) is 0 Å². The maximum atomic E-state index is 14.4. The van der Waals surface area contributed by atoms with Crippen molar-refractivity contribution in [1.82, 2.24) is 20.1 Å². The SMILES string of the molecule is COc1ccc(C2(C(=O)N3C[C@H](F)C[C@@H]3C(=O)Nc3ccc4[nH]ncc4n3)CC(F)(F)C2)cc1. The zero-order valence-electron chi connectivity index (χ0n) is 18.2. The number of amides is 2. The van der Waals surface area contributed by atoms with E-state index in [1.807, 2.05) is 0 Å². The number of halogens is 3. The quantitative estimate of drug-likeness (QED) is 0.593. The highest BCUT2D eigenvalue weighted by molar-refractivity contribution is 6.00. The third kappa shape index (κ3) is 3.74. The minimum atomic E-state index is -3.02. The molecule has 178 valence electrons. The molecule has 2 amide bonds. The zero-order chi connectivity index (χ0) is 24.1. The smallest absolute Gasteiger partial charge is 0.250 e. The number of hydrogen-bond donors (Lipinski definition) is 2. The predicted octanol–water partition coefficient (Wildman–Crippen LogP) is 3.21. The maximum Gasteiger partial charge on any atom is 0.250 e. The van der Waals surface area contributed by atoms with Crippen LogP contribution in [-0.4, -0.2) is 63.7 Å². The first-order valence-corrected chi connectivity index (χ1v) is 10.8. The van der Waals surface area contributed by atoms with Crippen molar-refractivity contribution < 1.29 is 27.5 Å². The van der Waals surface area contributed by atoms with Gasteiger partial charge in [0.05, 0.1) is 30.8 Å². The third-order valence-electron chi connectivity index (χ3n) is 6.53. The number of likely N-dealkylation sites (tertiary alicyclic amines) is 1. The van der Waals surface area contributed by atoms with E-state index < -0.39 is 48.2 Å². The second kappa shape index (κ2) is 8.00. The first kappa shape index (κ1) is 22.2. The molecule has 1 aliphatic heterocycles. The Morgan fingerprint density at radius 3 is 2.59 bits per heavy atom. The molecule has 2 fully saturated rings. The van der Waals surface area contributed by atoms with Crippen molar-refractivity contribution in [2.75, 3.05) is 19.0 Å². The summed E-state index contributed by atoms with van der Waals surface area (Å²) in [5.74, 6) is -3.59. The molecule has 0 spiro atoms. The van der Waals surface area contributed by atoms with Gasteiger partial charge >= 0.3 is 0 Å². The zero-order valence-corrected chi connectivity index (χ0v) is 18.2. The fourth-order valence-electron chi connectivity index (χ4n) is 4.86. The van der Waals surface area contributed by atoms with E-state index in [0.29, 0.717) is 22.3 Å². The molecule has 2 aliphatic rings. The number of methoxy groups -OCH3 is 1. The van der Waals surface area contributed by atoms with Crippen LogP contribution >= 0.6 is 0 Å². The van der Waals surface area contributed by atoms with Crippen LogP contribution in [0, 0.1) is 0 Å². The van der Waals surface area contributed by atoms with Crippen LogP contribution in [0.25, 0.3) is 11.0 Å². The predicted molar refractivity (Wildman–Crippen MR) is 116 cm³/mol. The van der Waals surface area contributed by atoms with Gasteiger partial charge in [-0.25, -0.2) is 18.2 Å². The molecule has 1 aromatic carbocycles. The van der Waals surface area contributed by atoms with E-state index in [1.165, 1.54) is 13.3 Å². The van der Waals surface area contributed by atoms with Crippen LogP contribution in [0.4, 0.5) is 19.0 Å². The van der Waals surface area contributed by atoms with E-state index >= 15 is 0 Å². The van der Waals surface area contributed by atoms with Crippen LogP contribution in [0.2, 0.25) is 0 Å². The Morgan fingerprint density at radius 1 is 1.18 bits per heavy atom. The Bertz CT molecular complexity index is 1240. The Kier molecular flexibility index (Phi) is 5.22. The second-order valence-corrected chi connectivity index (χ2v) is 8.81. The molecule has 1 aliphatic carbocycles. The monoisotopic (exact) mass is 473 g/mol. The molecule has 3 heterocycles. The molecule has 1 saturated heterocycles. The third-order valence-corrected chi connectivity index (χ3v) is 6.53. The van der Waals surface area contributed by atoms with Crippen LogP contribution in [0.5, 0.6) is 5.75 Å². The van der Waals surface area contributed by atoms with Gasteiger partial charge in [0.25, 0.3) is 5.92 Å². The molecule has 8 nitrogen and oxygen atoms in total. The maximum absolute atomic E-state index is 14.4. The van der Waals surface area contributed by atoms with Crippen LogP contribution in [-0.2, 0) is 15.0 Å². The molecule has 2 N–H and O–H groups in total. The topological polar surface area (TPSA) is 100 Å². The van der Waals surface area contributed by atoms with Crippen molar-refractivity contribution >= 4 is 28.7 Å². The Labute approximate surface area is 192 Å². The van der Waals surface area contributed by atoms with Gasteiger partial charge in [-0.3, -0.25) is 14.7 Å². The summed E-state index contributed by atoms with van der Waals surface area (Å²) in [5, 5.41) is 9.22. The molecular weight excluding hydrogens is 451 g/mol. The lowest BCUT2D eigenvalue weighted by Crippen LogP contribution is -2.60. The Balaban J connectivity index is 1.41. The minimum absolute atomic E-state index is 0.216. The van der Waals surface area contributed by atoms with Crippen molar-refractivity contribution in [3.05, 3.63) is 48.2 Å². The van der Waals surface area contributed by atoms with Crippen molar-refractivity contribution in [3.8, 4) is 5.75 Å². The number of benzene rings is 1. The van der Waals surface area contributed by atoms with Gasteiger partial charge in [-0.15, -0.1) is 0 Å². The summed E-state index contributed by atoms with van der Waals surface area (Å²) < 4.78 is 47.7. The summed E-state index contributed by atoms with van der Waals surface area (Å²) in [6.07, 6.45) is -1.58. The molecule has 5 rings (SSSR count). The summed E-state index contributed by atoms with van der Waals surface area (Å²) in [5.41, 5.74) is 0.0482. The van der Waals surface area contributed by atoms with E-state index in [2.05, 4.69) is 20.5 Å². The van der Waals surface area contributed by atoms with Crippen LogP contribution in [0.15, 0.2) is 42.6 Å². The van der Waals surface area contributed by atoms with E-state index in [1.54, 1.807) is 36.4 Å². The molecular formula is C23H22F3N5O3. The molecule has 2 atom stereocenters. The summed E-state index contributed by atoms with van der Waals surface area (Å²) >= 11 is 0. The van der Waals surface area contributed by atoms with Gasteiger partial charge < -0.3 is 15.0 Å². The van der Waals surface area contributed by atoms with E-state index in [-0.39, 0.29) is 18.8 Å². The number of hydrogen-bond acceptors (Lipinski definition) is 5. The van der Waals surface area contributed by atoms with Gasteiger partial charge in [0.15, 0.2) is 0 Å². The van der Waals surface area contributed by atoms with E-state index in [0.717, 1.165) is 4.90 Å². The number of aromatic nitrogens is 3. The highest BCUT2D eigenvalue weighted by Gasteiger charge is 2.63. The van der Waals surface area contributed by atoms with Gasteiger partial charge in [0.2, 0.25) is 11.8 Å². The lowest BCUT2D eigenvalue weighted by molar-refractivity contribution is -0.169. The molecule has 11 heteroatoms. The van der Waals surface area contributed by atoms with Gasteiger partial charge in [-0.05, 0) is 29.8 Å². The summed E-state index contributed by atoms with van der Waals surface area (Å²) in [6.45, 7) is -0.339. The number of pyridine rings is 1. The molecule has 1 saturated carbocycles. The number of anilines is 1. The molecule has 3 aromatic rings. The van der Waals surface area contributed by atoms with Gasteiger partial charge in [0.1, 0.15) is 29.3 Å². The molecule has 0 bridgehead atoms. The first-order valence-electron chi connectivity index (χ1n) is 10.8. The number of carbonyl (C=O) groups is 2. The largest absolute Gasteiger partial charge is 0.497 e.